The lowest BCUT2D eigenvalue weighted by atomic mass is 9.74. The van der Waals surface area contributed by atoms with Gasteiger partial charge in [0.25, 0.3) is 0 Å². The maximum atomic E-state index is 11.6. The minimum atomic E-state index is 0.118. The molecule has 0 bridgehead atoms. The van der Waals surface area contributed by atoms with Crippen LogP contribution in [0.1, 0.15) is 30.4 Å². The van der Waals surface area contributed by atoms with Crippen molar-refractivity contribution in [2.24, 2.45) is 0 Å². The molecule has 14 heavy (non-hydrogen) atoms. The van der Waals surface area contributed by atoms with Crippen LogP contribution in [0.2, 0.25) is 0 Å². The van der Waals surface area contributed by atoms with Crippen LogP contribution in [0.25, 0.3) is 0 Å². The predicted octanol–water partition coefficient (Wildman–Crippen LogP) is 2.31. The molecule has 0 radical (unpaired) electrons. The smallest absolute Gasteiger partial charge is 0.152 e. The molecule has 2 rings (SSSR count). The summed E-state index contributed by atoms with van der Waals surface area (Å²) in [7, 11) is 0. The van der Waals surface area contributed by atoms with Gasteiger partial charge in [0, 0.05) is 5.92 Å². The third kappa shape index (κ3) is 1.44. The summed E-state index contributed by atoms with van der Waals surface area (Å²) in [5.74, 6) is 5.96. The van der Waals surface area contributed by atoms with E-state index in [4.69, 9.17) is 0 Å². The minimum Gasteiger partial charge on any atom is -0.298 e. The van der Waals surface area contributed by atoms with Gasteiger partial charge in [-0.3, -0.25) is 4.79 Å². The lowest BCUT2D eigenvalue weighted by molar-refractivity contribution is -0.120. The summed E-state index contributed by atoms with van der Waals surface area (Å²) < 4.78 is 0. The second kappa shape index (κ2) is 3.67. The maximum Gasteiger partial charge on any atom is 0.152 e. The Morgan fingerprint density at radius 2 is 2.29 bits per heavy atom. The normalized spacial score (nSPS) is 17.4. The van der Waals surface area contributed by atoms with Gasteiger partial charge < -0.3 is 0 Å². The van der Waals surface area contributed by atoms with Crippen molar-refractivity contribution in [3.8, 4) is 11.8 Å². The zero-order valence-corrected chi connectivity index (χ0v) is 8.21. The molecule has 0 saturated heterocycles. The molecule has 1 aliphatic carbocycles. The standard InChI is InChI=1S/C13H12O/c1-2-3-8-13(14)12-9-10-6-4-5-7-11(10)12/h4-7,12H,8-9H2,1H3. The van der Waals surface area contributed by atoms with E-state index in [2.05, 4.69) is 17.9 Å². The molecule has 0 aliphatic heterocycles. The summed E-state index contributed by atoms with van der Waals surface area (Å²) in [5, 5.41) is 0. The Labute approximate surface area is 84.1 Å². The van der Waals surface area contributed by atoms with Gasteiger partial charge in [0.1, 0.15) is 0 Å². The van der Waals surface area contributed by atoms with Crippen LogP contribution in [0.4, 0.5) is 0 Å². The number of hydrogen-bond acceptors (Lipinski definition) is 1. The van der Waals surface area contributed by atoms with E-state index in [1.807, 2.05) is 18.2 Å². The average molecular weight is 184 g/mol. The highest BCUT2D eigenvalue weighted by atomic mass is 16.1. The molecule has 0 aromatic heterocycles. The van der Waals surface area contributed by atoms with Gasteiger partial charge in [-0.05, 0) is 24.5 Å². The van der Waals surface area contributed by atoms with Gasteiger partial charge in [-0.15, -0.1) is 5.92 Å². The highest BCUT2D eigenvalue weighted by Gasteiger charge is 2.30. The van der Waals surface area contributed by atoms with Gasteiger partial charge in [0.15, 0.2) is 5.78 Å². The van der Waals surface area contributed by atoms with E-state index in [9.17, 15) is 4.79 Å². The quantitative estimate of drug-likeness (QED) is 0.644. The van der Waals surface area contributed by atoms with E-state index >= 15 is 0 Å². The first-order valence-electron chi connectivity index (χ1n) is 4.83. The molecule has 0 heterocycles. The molecule has 0 spiro atoms. The summed E-state index contributed by atoms with van der Waals surface area (Å²) in [5.41, 5.74) is 2.52. The van der Waals surface area contributed by atoms with Crippen molar-refractivity contribution in [1.82, 2.24) is 0 Å². The molecule has 0 fully saturated rings. The van der Waals surface area contributed by atoms with Crippen LogP contribution in [0.15, 0.2) is 24.3 Å². The van der Waals surface area contributed by atoms with E-state index in [-0.39, 0.29) is 11.7 Å². The molecular weight excluding hydrogens is 172 g/mol. The number of hydrogen-bond donors (Lipinski definition) is 0. The van der Waals surface area contributed by atoms with E-state index in [0.717, 1.165) is 6.42 Å². The first-order chi connectivity index (χ1) is 6.83. The van der Waals surface area contributed by atoms with Crippen molar-refractivity contribution in [2.75, 3.05) is 0 Å². The third-order valence-electron chi connectivity index (χ3n) is 2.68. The second-order valence-electron chi connectivity index (χ2n) is 3.53. The van der Waals surface area contributed by atoms with Gasteiger partial charge >= 0.3 is 0 Å². The Kier molecular flexibility index (Phi) is 2.37. The molecule has 1 aliphatic rings. The molecule has 1 unspecified atom stereocenters. The van der Waals surface area contributed by atoms with Crippen LogP contribution < -0.4 is 0 Å². The predicted molar refractivity (Wildman–Crippen MR) is 56.0 cm³/mol. The zero-order valence-electron chi connectivity index (χ0n) is 8.21. The Bertz CT molecular complexity index is 420. The Hall–Kier alpha value is -1.55. The van der Waals surface area contributed by atoms with Crippen molar-refractivity contribution in [3.63, 3.8) is 0 Å². The third-order valence-corrected chi connectivity index (χ3v) is 2.68. The summed E-state index contributed by atoms with van der Waals surface area (Å²) in [4.78, 5) is 11.6. The summed E-state index contributed by atoms with van der Waals surface area (Å²) in [6.45, 7) is 1.77. The Morgan fingerprint density at radius 3 is 3.00 bits per heavy atom. The van der Waals surface area contributed by atoms with E-state index < -0.39 is 0 Å². The topological polar surface area (TPSA) is 17.1 Å². The van der Waals surface area contributed by atoms with E-state index in [1.165, 1.54) is 11.1 Å². The summed E-state index contributed by atoms with van der Waals surface area (Å²) in [6, 6.07) is 8.14. The van der Waals surface area contributed by atoms with Crippen LogP contribution in [-0.4, -0.2) is 5.78 Å². The zero-order chi connectivity index (χ0) is 9.97. The number of ketones is 1. The molecule has 1 nitrogen and oxygen atoms in total. The second-order valence-corrected chi connectivity index (χ2v) is 3.53. The van der Waals surface area contributed by atoms with Crippen molar-refractivity contribution in [3.05, 3.63) is 35.4 Å². The van der Waals surface area contributed by atoms with Crippen molar-refractivity contribution in [1.29, 1.82) is 0 Å². The molecule has 1 atom stereocenters. The number of carbonyl (C=O) groups excluding carboxylic acids is 1. The molecule has 70 valence electrons. The average Bonchev–Trinajstić information content (AvgIpc) is 2.17. The van der Waals surface area contributed by atoms with Crippen LogP contribution in [0, 0.1) is 11.8 Å². The molecule has 0 saturated carbocycles. The van der Waals surface area contributed by atoms with Crippen molar-refractivity contribution >= 4 is 5.78 Å². The summed E-state index contributed by atoms with van der Waals surface area (Å²) >= 11 is 0. The lowest BCUT2D eigenvalue weighted by Crippen LogP contribution is -2.24. The van der Waals surface area contributed by atoms with E-state index in [0.29, 0.717) is 6.42 Å². The lowest BCUT2D eigenvalue weighted by Gasteiger charge is -2.28. The SMILES string of the molecule is CC#CCC(=O)C1Cc2ccccc21. The first kappa shape index (κ1) is 9.02. The molecular formula is C13H12O. The number of fused-ring (bicyclic) bond motifs is 1. The van der Waals surface area contributed by atoms with E-state index in [1.54, 1.807) is 6.92 Å². The van der Waals surface area contributed by atoms with Gasteiger partial charge in [-0.25, -0.2) is 0 Å². The molecule has 1 heteroatoms. The highest BCUT2D eigenvalue weighted by molar-refractivity contribution is 5.90. The number of benzene rings is 1. The first-order valence-corrected chi connectivity index (χ1v) is 4.83. The fraction of sp³-hybridized carbons (Fsp3) is 0.308. The molecule has 0 N–H and O–H groups in total. The highest BCUT2D eigenvalue weighted by Crippen LogP contribution is 2.35. The Morgan fingerprint density at radius 1 is 1.50 bits per heavy atom. The number of carbonyl (C=O) groups is 1. The van der Waals surface area contributed by atoms with Crippen LogP contribution in [0.3, 0.4) is 0 Å². The van der Waals surface area contributed by atoms with Gasteiger partial charge in [0.2, 0.25) is 0 Å². The number of Topliss-reactive ketones (excluding diaryl/α,β-unsaturated/α-hetero) is 1. The number of rotatable bonds is 2. The minimum absolute atomic E-state index is 0.118. The maximum absolute atomic E-state index is 11.6. The van der Waals surface area contributed by atoms with Crippen LogP contribution in [-0.2, 0) is 11.2 Å². The van der Waals surface area contributed by atoms with Gasteiger partial charge in [0.05, 0.1) is 6.42 Å². The van der Waals surface area contributed by atoms with Crippen molar-refractivity contribution in [2.45, 2.75) is 25.7 Å². The van der Waals surface area contributed by atoms with Gasteiger partial charge in [-0.1, -0.05) is 30.2 Å². The molecule has 1 aromatic carbocycles. The monoisotopic (exact) mass is 184 g/mol. The van der Waals surface area contributed by atoms with Gasteiger partial charge in [-0.2, -0.15) is 0 Å². The molecule has 0 amide bonds. The molecule has 1 aromatic rings. The summed E-state index contributed by atoms with van der Waals surface area (Å²) in [6.07, 6.45) is 1.30. The fourth-order valence-electron chi connectivity index (χ4n) is 1.84. The van der Waals surface area contributed by atoms with Crippen LogP contribution >= 0.6 is 0 Å². The van der Waals surface area contributed by atoms with Crippen LogP contribution in [0.5, 0.6) is 0 Å². The largest absolute Gasteiger partial charge is 0.298 e. The fourth-order valence-corrected chi connectivity index (χ4v) is 1.84. The Balaban J connectivity index is 2.10. The van der Waals surface area contributed by atoms with Crippen molar-refractivity contribution < 1.29 is 4.79 Å².